The van der Waals surface area contributed by atoms with Crippen molar-refractivity contribution < 1.29 is 4.79 Å². The molecule has 0 heterocycles. The van der Waals surface area contributed by atoms with Gasteiger partial charge in [0.1, 0.15) is 0 Å². The van der Waals surface area contributed by atoms with Gasteiger partial charge in [-0.1, -0.05) is 41.4 Å². The Morgan fingerprint density at radius 2 is 2.00 bits per heavy atom. The molecule has 0 atom stereocenters. The first-order chi connectivity index (χ1) is 4.92. The molecule has 0 aromatic heterocycles. The van der Waals surface area contributed by atoms with Crippen molar-refractivity contribution in [2.75, 3.05) is 0 Å². The summed E-state index contributed by atoms with van der Waals surface area (Å²) < 4.78 is 0.848. The molecule has 11 heavy (non-hydrogen) atoms. The van der Waals surface area contributed by atoms with Crippen molar-refractivity contribution >= 4 is 33.3 Å². The summed E-state index contributed by atoms with van der Waals surface area (Å²) in [6, 6.07) is 0. The largest absolute Gasteiger partial charge is 0.293 e. The van der Waals surface area contributed by atoms with E-state index in [1.54, 1.807) is 0 Å². The minimum atomic E-state index is 0.0507. The molecule has 1 nitrogen and oxygen atoms in total. The summed E-state index contributed by atoms with van der Waals surface area (Å²) in [7, 11) is 0. The first-order valence-corrected chi connectivity index (χ1v) is 4.67. The van der Waals surface area contributed by atoms with Gasteiger partial charge < -0.3 is 0 Å². The molecular formula is C8H10BrClO. The Kier molecular flexibility index (Phi) is 2.45. The van der Waals surface area contributed by atoms with Crippen LogP contribution in [0.25, 0.3) is 0 Å². The van der Waals surface area contributed by atoms with Crippen LogP contribution in [0.4, 0.5) is 0 Å². The molecule has 0 saturated heterocycles. The summed E-state index contributed by atoms with van der Waals surface area (Å²) in [5, 5.41) is 0.379. The van der Waals surface area contributed by atoms with E-state index in [-0.39, 0.29) is 11.2 Å². The van der Waals surface area contributed by atoms with Gasteiger partial charge in [-0.15, -0.1) is 0 Å². The summed E-state index contributed by atoms with van der Waals surface area (Å²) >= 11 is 9.02. The van der Waals surface area contributed by atoms with Crippen molar-refractivity contribution in [3.8, 4) is 0 Å². The Labute approximate surface area is 79.9 Å². The van der Waals surface area contributed by atoms with Gasteiger partial charge in [-0.05, 0) is 11.8 Å². The smallest absolute Gasteiger partial charge is 0.175 e. The lowest BCUT2D eigenvalue weighted by molar-refractivity contribution is -0.117. The van der Waals surface area contributed by atoms with E-state index >= 15 is 0 Å². The molecule has 0 N–H and O–H groups in total. The summed E-state index contributed by atoms with van der Waals surface area (Å²) in [5.74, 6) is 0.0507. The van der Waals surface area contributed by atoms with Crippen molar-refractivity contribution in [1.29, 1.82) is 0 Å². The van der Waals surface area contributed by atoms with E-state index in [1.807, 2.05) is 0 Å². The zero-order valence-electron chi connectivity index (χ0n) is 6.58. The molecule has 1 aliphatic rings. The minimum absolute atomic E-state index is 0.0507. The second kappa shape index (κ2) is 2.91. The van der Waals surface area contributed by atoms with Crippen molar-refractivity contribution in [2.45, 2.75) is 26.7 Å². The summed E-state index contributed by atoms with van der Waals surface area (Å²) in [6.45, 7) is 4.13. The lowest BCUT2D eigenvalue weighted by atomic mass is 9.80. The number of rotatable bonds is 0. The van der Waals surface area contributed by atoms with E-state index in [9.17, 15) is 4.79 Å². The number of allylic oxidation sites excluding steroid dienone is 2. The van der Waals surface area contributed by atoms with Crippen LogP contribution < -0.4 is 0 Å². The molecule has 1 aliphatic carbocycles. The van der Waals surface area contributed by atoms with Crippen molar-refractivity contribution in [3.05, 3.63) is 9.51 Å². The predicted molar refractivity (Wildman–Crippen MR) is 49.8 cm³/mol. The zero-order valence-corrected chi connectivity index (χ0v) is 8.92. The van der Waals surface area contributed by atoms with Crippen LogP contribution in [0.1, 0.15) is 26.7 Å². The Hall–Kier alpha value is 0.180. The molecule has 0 saturated carbocycles. The van der Waals surface area contributed by atoms with E-state index in [0.717, 1.165) is 10.9 Å². The standard InChI is InChI=1S/C8H10BrClO/c1-8(2)3-5(9)7(10)6(11)4-8/h3-4H2,1-2H3. The van der Waals surface area contributed by atoms with Crippen LogP contribution >= 0.6 is 27.5 Å². The highest BCUT2D eigenvalue weighted by Crippen LogP contribution is 2.40. The minimum Gasteiger partial charge on any atom is -0.293 e. The molecule has 0 amide bonds. The van der Waals surface area contributed by atoms with Crippen LogP contribution in [0.3, 0.4) is 0 Å². The van der Waals surface area contributed by atoms with Crippen LogP contribution in [0.5, 0.6) is 0 Å². The van der Waals surface area contributed by atoms with Crippen LogP contribution in [0.2, 0.25) is 0 Å². The van der Waals surface area contributed by atoms with E-state index in [0.29, 0.717) is 11.5 Å². The second-order valence-electron chi connectivity index (χ2n) is 3.66. The average Bonchev–Trinajstić information content (AvgIpc) is 1.81. The van der Waals surface area contributed by atoms with Gasteiger partial charge in [0.05, 0.1) is 5.03 Å². The summed E-state index contributed by atoms with van der Waals surface area (Å²) in [5.41, 5.74) is 0.0638. The molecule has 0 spiro atoms. The maximum Gasteiger partial charge on any atom is 0.175 e. The van der Waals surface area contributed by atoms with E-state index in [1.165, 1.54) is 0 Å². The normalized spacial score (nSPS) is 24.2. The lowest BCUT2D eigenvalue weighted by Gasteiger charge is -2.27. The number of Topliss-reactive ketones (excluding diaryl/α,β-unsaturated/α-hetero) is 1. The zero-order chi connectivity index (χ0) is 8.65. The van der Waals surface area contributed by atoms with Gasteiger partial charge in [-0.3, -0.25) is 4.79 Å². The second-order valence-corrected chi connectivity index (χ2v) is 5.00. The first kappa shape index (κ1) is 9.27. The van der Waals surface area contributed by atoms with Gasteiger partial charge >= 0.3 is 0 Å². The van der Waals surface area contributed by atoms with Crippen LogP contribution in [0, 0.1) is 5.41 Å². The Balaban J connectivity index is 2.94. The quantitative estimate of drug-likeness (QED) is 0.632. The van der Waals surface area contributed by atoms with E-state index in [4.69, 9.17) is 11.6 Å². The predicted octanol–water partition coefficient (Wildman–Crippen LogP) is 3.22. The fraction of sp³-hybridized carbons (Fsp3) is 0.625. The van der Waals surface area contributed by atoms with Crippen molar-refractivity contribution in [3.63, 3.8) is 0 Å². The monoisotopic (exact) mass is 236 g/mol. The molecule has 62 valence electrons. The topological polar surface area (TPSA) is 17.1 Å². The number of ketones is 1. The van der Waals surface area contributed by atoms with Crippen LogP contribution in [0.15, 0.2) is 9.51 Å². The van der Waals surface area contributed by atoms with Gasteiger partial charge in [-0.25, -0.2) is 0 Å². The highest BCUT2D eigenvalue weighted by atomic mass is 79.9. The average molecular weight is 238 g/mol. The van der Waals surface area contributed by atoms with E-state index < -0.39 is 0 Å². The molecule has 0 aromatic rings. The maximum absolute atomic E-state index is 11.2. The number of carbonyl (C=O) groups is 1. The van der Waals surface area contributed by atoms with Gasteiger partial charge in [0, 0.05) is 10.9 Å². The highest BCUT2D eigenvalue weighted by Gasteiger charge is 2.30. The van der Waals surface area contributed by atoms with Crippen LogP contribution in [-0.2, 0) is 4.79 Å². The van der Waals surface area contributed by atoms with Crippen molar-refractivity contribution in [2.24, 2.45) is 5.41 Å². The third kappa shape index (κ3) is 2.06. The van der Waals surface area contributed by atoms with Gasteiger partial charge in [0.25, 0.3) is 0 Å². The van der Waals surface area contributed by atoms with Gasteiger partial charge in [0.2, 0.25) is 0 Å². The summed E-state index contributed by atoms with van der Waals surface area (Å²) in [4.78, 5) is 11.2. The fourth-order valence-electron chi connectivity index (χ4n) is 1.22. The highest BCUT2D eigenvalue weighted by molar-refractivity contribution is 9.11. The molecule has 3 heteroatoms. The Morgan fingerprint density at radius 1 is 1.45 bits per heavy atom. The Bertz CT molecular complexity index is 230. The molecule has 0 aromatic carbocycles. The third-order valence-corrected chi connectivity index (χ3v) is 3.10. The van der Waals surface area contributed by atoms with Crippen LogP contribution in [-0.4, -0.2) is 5.78 Å². The molecule has 0 fully saturated rings. The first-order valence-electron chi connectivity index (χ1n) is 3.50. The van der Waals surface area contributed by atoms with Gasteiger partial charge in [0.15, 0.2) is 5.78 Å². The molecule has 0 bridgehead atoms. The number of hydrogen-bond donors (Lipinski definition) is 0. The molecule has 0 radical (unpaired) electrons. The number of carbonyl (C=O) groups excluding carboxylic acids is 1. The Morgan fingerprint density at radius 3 is 2.45 bits per heavy atom. The molecular weight excluding hydrogens is 227 g/mol. The maximum atomic E-state index is 11.2. The molecule has 0 unspecified atom stereocenters. The number of hydrogen-bond acceptors (Lipinski definition) is 1. The molecule has 0 aliphatic heterocycles. The van der Waals surface area contributed by atoms with Gasteiger partial charge in [-0.2, -0.15) is 0 Å². The summed E-state index contributed by atoms with van der Waals surface area (Å²) in [6.07, 6.45) is 1.42. The fourth-order valence-corrected chi connectivity index (χ4v) is 2.34. The third-order valence-electron chi connectivity index (χ3n) is 1.76. The van der Waals surface area contributed by atoms with Crippen molar-refractivity contribution in [1.82, 2.24) is 0 Å². The lowest BCUT2D eigenvalue weighted by Crippen LogP contribution is -2.22. The SMILES string of the molecule is CC1(C)CC(=O)C(Cl)=C(Br)C1. The molecule has 1 rings (SSSR count). The van der Waals surface area contributed by atoms with E-state index in [2.05, 4.69) is 29.8 Å². The number of halogens is 2.